The van der Waals surface area contributed by atoms with Crippen molar-refractivity contribution in [3.63, 3.8) is 0 Å². The van der Waals surface area contributed by atoms with E-state index in [-0.39, 0.29) is 17.7 Å². The Bertz CT molecular complexity index is 4440. The smallest absolute Gasteiger partial charge is 0.333 e. The van der Waals surface area contributed by atoms with Crippen molar-refractivity contribution in [3.8, 4) is 44.5 Å². The molecule has 16 rings (SSSR count). The lowest BCUT2D eigenvalue weighted by Crippen LogP contribution is -2.62. The zero-order chi connectivity index (χ0) is 56.5. The standard InChI is InChI=1S/C80H62BN3/c1-78(2,3)57-43-45-60(46-44-57)84-74-52-65-64-37-18-19-38-68(64)79(4,5)71(65)51-66(74)67-49-63(82(61-35-22-29-55(47-61)53-25-10-6-11-26-53)62-36-23-30-56(48-62)54-27-12-7-13-28-54)50-75-76(67)81(84)72-41-24-40-70-77(72)83(75)73-42-21-20-39-69(73)80(70,58-31-14-8-15-32-58)59-33-16-9-17-34-59/h6-52H,1-5H3. The summed E-state index contributed by atoms with van der Waals surface area (Å²) in [5, 5.41) is 0. The second-order valence-electron chi connectivity index (χ2n) is 24.8. The topological polar surface area (TPSA) is 9.72 Å². The third kappa shape index (κ3) is 7.39. The molecule has 0 bridgehead atoms. The molecule has 84 heavy (non-hydrogen) atoms. The van der Waals surface area contributed by atoms with Crippen molar-refractivity contribution in [3.05, 3.63) is 324 Å². The minimum Gasteiger partial charge on any atom is -0.376 e. The Morgan fingerprint density at radius 1 is 0.369 bits per heavy atom. The number of benzene rings is 12. The van der Waals surface area contributed by atoms with E-state index in [0.717, 1.165) is 33.9 Å². The Morgan fingerprint density at radius 2 is 0.905 bits per heavy atom. The molecule has 4 heteroatoms. The predicted molar refractivity (Wildman–Crippen MR) is 354 cm³/mol. The minimum absolute atomic E-state index is 0.0207. The van der Waals surface area contributed by atoms with Crippen LogP contribution in [-0.2, 0) is 16.2 Å². The SMILES string of the molecule is CC(C)(C)c1ccc(N2B3c4cccc5c4N(c4ccccc4C5(c4ccccc4)c4ccccc4)c4cc(N(c5cccc(-c6ccccc6)c5)c5cccc(-c6ccccc6)c5)cc(c43)-c3cc4c(cc32)-c2ccccc2C4(C)C)cc1. The molecule has 0 unspecified atom stereocenters. The lowest BCUT2D eigenvalue weighted by molar-refractivity contribution is 0.590. The first-order chi connectivity index (χ1) is 41.1. The second-order valence-corrected chi connectivity index (χ2v) is 24.8. The van der Waals surface area contributed by atoms with E-state index in [9.17, 15) is 0 Å². The van der Waals surface area contributed by atoms with Crippen LogP contribution in [-0.4, -0.2) is 6.85 Å². The van der Waals surface area contributed by atoms with Gasteiger partial charge < -0.3 is 14.6 Å². The predicted octanol–water partition coefficient (Wildman–Crippen LogP) is 19.5. The summed E-state index contributed by atoms with van der Waals surface area (Å²) in [7, 11) is 0. The van der Waals surface area contributed by atoms with Crippen LogP contribution in [0.1, 0.15) is 73.6 Å². The van der Waals surface area contributed by atoms with Crippen molar-refractivity contribution in [1.29, 1.82) is 0 Å². The Balaban J connectivity index is 1.05. The molecule has 3 aliphatic heterocycles. The van der Waals surface area contributed by atoms with Gasteiger partial charge in [-0.3, -0.25) is 0 Å². The summed E-state index contributed by atoms with van der Waals surface area (Å²) in [6.45, 7) is 11.6. The van der Waals surface area contributed by atoms with E-state index in [1.165, 1.54) is 106 Å². The molecule has 0 N–H and O–H groups in total. The lowest BCUT2D eigenvalue weighted by Gasteiger charge is -2.52. The fourth-order valence-electron chi connectivity index (χ4n) is 14.9. The Labute approximate surface area is 494 Å². The highest BCUT2D eigenvalue weighted by Gasteiger charge is 2.53. The summed E-state index contributed by atoms with van der Waals surface area (Å²) in [4.78, 5) is 7.90. The van der Waals surface area contributed by atoms with Gasteiger partial charge >= 0.3 is 6.85 Å². The third-order valence-corrected chi connectivity index (χ3v) is 18.8. The normalized spacial score (nSPS) is 14.4. The Morgan fingerprint density at radius 3 is 1.52 bits per heavy atom. The number of rotatable bonds is 8. The van der Waals surface area contributed by atoms with E-state index in [1.807, 2.05) is 0 Å². The second kappa shape index (κ2) is 18.8. The van der Waals surface area contributed by atoms with Crippen LogP contribution in [0.5, 0.6) is 0 Å². The van der Waals surface area contributed by atoms with Gasteiger partial charge in [0.1, 0.15) is 0 Å². The van der Waals surface area contributed by atoms with Crippen molar-refractivity contribution in [1.82, 2.24) is 0 Å². The van der Waals surface area contributed by atoms with Crippen molar-refractivity contribution in [2.75, 3.05) is 14.6 Å². The molecule has 0 fully saturated rings. The van der Waals surface area contributed by atoms with Crippen LogP contribution in [0.15, 0.2) is 285 Å². The van der Waals surface area contributed by atoms with Gasteiger partial charge in [-0.25, -0.2) is 0 Å². The highest BCUT2D eigenvalue weighted by molar-refractivity contribution is 6.93. The fourth-order valence-corrected chi connectivity index (χ4v) is 14.9. The minimum atomic E-state index is -0.664. The molecule has 3 nitrogen and oxygen atoms in total. The summed E-state index contributed by atoms with van der Waals surface area (Å²) in [5.74, 6) is 0. The molecule has 3 heterocycles. The van der Waals surface area contributed by atoms with Crippen molar-refractivity contribution in [2.24, 2.45) is 0 Å². The van der Waals surface area contributed by atoms with Gasteiger partial charge in [0.25, 0.3) is 0 Å². The van der Waals surface area contributed by atoms with Crippen molar-refractivity contribution < 1.29 is 0 Å². The van der Waals surface area contributed by atoms with E-state index < -0.39 is 5.41 Å². The number of hydrogen-bond donors (Lipinski definition) is 0. The first kappa shape index (κ1) is 49.9. The molecule has 12 aromatic rings. The molecule has 0 atom stereocenters. The summed E-state index contributed by atoms with van der Waals surface area (Å²) >= 11 is 0. The molecule has 0 spiro atoms. The lowest BCUT2D eigenvalue weighted by atomic mass is 9.42. The van der Waals surface area contributed by atoms with Crippen LogP contribution >= 0.6 is 0 Å². The molecule has 0 amide bonds. The maximum absolute atomic E-state index is 2.71. The van der Waals surface area contributed by atoms with E-state index in [0.29, 0.717) is 0 Å². The summed E-state index contributed by atoms with van der Waals surface area (Å²) in [6, 6.07) is 108. The fraction of sp³-hybridized carbons (Fsp3) is 0.100. The van der Waals surface area contributed by atoms with Gasteiger partial charge in [0.15, 0.2) is 0 Å². The zero-order valence-electron chi connectivity index (χ0n) is 48.1. The van der Waals surface area contributed by atoms with Gasteiger partial charge in [-0.1, -0.05) is 253 Å². The van der Waals surface area contributed by atoms with E-state index >= 15 is 0 Å². The first-order valence-electron chi connectivity index (χ1n) is 29.7. The Hall–Kier alpha value is -9.90. The highest BCUT2D eigenvalue weighted by atomic mass is 15.2. The van der Waals surface area contributed by atoms with Gasteiger partial charge in [-0.15, -0.1) is 0 Å². The number of anilines is 8. The molecule has 400 valence electrons. The summed E-state index contributed by atoms with van der Waals surface area (Å²) < 4.78 is 0. The molecule has 1 aliphatic carbocycles. The Kier molecular flexibility index (Phi) is 11.2. The average molecular weight is 1080 g/mol. The van der Waals surface area contributed by atoms with Crippen LogP contribution in [0.25, 0.3) is 44.5 Å². The number of hydrogen-bond acceptors (Lipinski definition) is 3. The van der Waals surface area contributed by atoms with Gasteiger partial charge in [-0.05, 0) is 161 Å². The zero-order valence-corrected chi connectivity index (χ0v) is 48.1. The van der Waals surface area contributed by atoms with E-state index in [2.05, 4.69) is 334 Å². The van der Waals surface area contributed by atoms with Crippen LogP contribution in [0, 0.1) is 0 Å². The molecule has 0 radical (unpaired) electrons. The van der Waals surface area contributed by atoms with Crippen molar-refractivity contribution in [2.45, 2.75) is 50.9 Å². The van der Waals surface area contributed by atoms with Crippen LogP contribution in [0.3, 0.4) is 0 Å². The van der Waals surface area contributed by atoms with Crippen LogP contribution in [0.2, 0.25) is 0 Å². The molecule has 4 aliphatic rings. The molecule has 0 saturated carbocycles. The van der Waals surface area contributed by atoms with Gasteiger partial charge in [0.2, 0.25) is 0 Å². The van der Waals surface area contributed by atoms with E-state index in [1.54, 1.807) is 0 Å². The maximum Gasteiger partial charge on any atom is 0.333 e. The summed E-state index contributed by atoms with van der Waals surface area (Å²) in [6.07, 6.45) is 0. The van der Waals surface area contributed by atoms with E-state index in [4.69, 9.17) is 0 Å². The van der Waals surface area contributed by atoms with Crippen molar-refractivity contribution >= 4 is 63.3 Å². The van der Waals surface area contributed by atoms with Gasteiger partial charge in [0, 0.05) is 50.8 Å². The van der Waals surface area contributed by atoms with Gasteiger partial charge in [-0.2, -0.15) is 0 Å². The molecule has 12 aromatic carbocycles. The largest absolute Gasteiger partial charge is 0.376 e. The summed E-state index contributed by atoms with van der Waals surface area (Å²) in [5.41, 5.74) is 29.6. The number of nitrogens with zero attached hydrogens (tertiary/aromatic N) is 3. The quantitative estimate of drug-likeness (QED) is 0.140. The molecule has 0 aromatic heterocycles. The van der Waals surface area contributed by atoms with Crippen LogP contribution < -0.4 is 25.5 Å². The maximum atomic E-state index is 2.71. The number of fused-ring (bicyclic) bond motifs is 9. The first-order valence-corrected chi connectivity index (χ1v) is 29.7. The van der Waals surface area contributed by atoms with Gasteiger partial charge in [0.05, 0.1) is 11.1 Å². The average Bonchev–Trinajstić information content (AvgIpc) is 0.752. The monoisotopic (exact) mass is 1080 g/mol. The molecule has 0 saturated heterocycles. The third-order valence-electron chi connectivity index (χ3n) is 18.8. The molecular formula is C80H62BN3. The van der Waals surface area contributed by atoms with Crippen LogP contribution in [0.4, 0.5) is 45.5 Å². The molecular weight excluding hydrogens is 1010 g/mol. The number of para-hydroxylation sites is 2. The highest BCUT2D eigenvalue weighted by Crippen LogP contribution is 2.61.